The zero-order chi connectivity index (χ0) is 36.9. The van der Waals surface area contributed by atoms with Crippen LogP contribution >= 0.6 is 23.5 Å². The van der Waals surface area contributed by atoms with Gasteiger partial charge in [0.15, 0.2) is 5.69 Å². The van der Waals surface area contributed by atoms with Gasteiger partial charge in [-0.05, 0) is 72.2 Å². The summed E-state index contributed by atoms with van der Waals surface area (Å²) in [5, 5.41) is 10.1. The first kappa shape index (κ1) is 37.3. The molecule has 6 aromatic rings. The van der Waals surface area contributed by atoms with Crippen LogP contribution in [-0.4, -0.2) is 32.5 Å². The number of halogens is 8. The standard InChI is InChI=1S/C20H14F4N2S.C17H12F4N2S/c1-3-12-26-19(20(22,23)24)17(13-4-8-15(21)9-5-13)18(25-26)14-6-10-16(27-2)11-7-14;1-24-13-8-4-11(5-9-13)15-14(10-2-6-12(18)7-3-10)16(23-22-15)17(19,20)21/h1,4-11H,12H2,2H3;2-9H,1H3,(H,22,23). The van der Waals surface area contributed by atoms with Crippen LogP contribution in [0.25, 0.3) is 44.8 Å². The van der Waals surface area contributed by atoms with Crippen molar-refractivity contribution in [3.05, 3.63) is 120 Å². The molecule has 0 saturated carbocycles. The van der Waals surface area contributed by atoms with Gasteiger partial charge in [0.2, 0.25) is 0 Å². The van der Waals surface area contributed by atoms with E-state index < -0.39 is 35.4 Å². The van der Waals surface area contributed by atoms with Crippen LogP contribution < -0.4 is 0 Å². The normalized spacial score (nSPS) is 11.5. The van der Waals surface area contributed by atoms with Crippen LogP contribution in [0.2, 0.25) is 0 Å². The van der Waals surface area contributed by atoms with Crippen LogP contribution in [0.5, 0.6) is 0 Å². The fourth-order valence-electron chi connectivity index (χ4n) is 5.19. The van der Waals surface area contributed by atoms with Gasteiger partial charge in [-0.25, -0.2) is 13.5 Å². The van der Waals surface area contributed by atoms with Gasteiger partial charge >= 0.3 is 12.4 Å². The van der Waals surface area contributed by atoms with E-state index >= 15 is 0 Å². The van der Waals surface area contributed by atoms with Crippen molar-refractivity contribution in [1.29, 1.82) is 0 Å². The number of benzene rings is 4. The second-order valence-corrected chi connectivity index (χ2v) is 12.5. The lowest BCUT2D eigenvalue weighted by Crippen LogP contribution is -2.15. The van der Waals surface area contributed by atoms with E-state index in [0.29, 0.717) is 11.1 Å². The predicted octanol–water partition coefficient (Wildman–Crippen LogP) is 11.4. The Labute approximate surface area is 296 Å². The summed E-state index contributed by atoms with van der Waals surface area (Å²) < 4.78 is 109. The van der Waals surface area contributed by atoms with Gasteiger partial charge < -0.3 is 0 Å². The number of rotatable bonds is 7. The molecule has 0 amide bonds. The Bertz CT molecular complexity index is 2130. The number of H-pyrrole nitrogens is 1. The molecule has 0 spiro atoms. The molecular weight excluding hydrogens is 717 g/mol. The molecule has 2 heterocycles. The Hall–Kier alpha value is -5.00. The summed E-state index contributed by atoms with van der Waals surface area (Å²) in [6, 6.07) is 23.8. The molecule has 14 heteroatoms. The maximum absolute atomic E-state index is 13.8. The number of hydrogen-bond donors (Lipinski definition) is 1. The second-order valence-electron chi connectivity index (χ2n) is 10.7. The lowest BCUT2D eigenvalue weighted by molar-refractivity contribution is -0.143. The van der Waals surface area contributed by atoms with E-state index in [1.54, 1.807) is 24.3 Å². The highest BCUT2D eigenvalue weighted by Crippen LogP contribution is 2.44. The Balaban J connectivity index is 0.000000199. The molecule has 262 valence electrons. The molecule has 0 aliphatic rings. The van der Waals surface area contributed by atoms with Crippen molar-refractivity contribution < 1.29 is 35.1 Å². The maximum atomic E-state index is 13.8. The third kappa shape index (κ3) is 8.49. The molecule has 2 aromatic heterocycles. The quantitative estimate of drug-likeness (QED) is 0.101. The largest absolute Gasteiger partial charge is 0.433 e. The van der Waals surface area contributed by atoms with Gasteiger partial charge in [0.25, 0.3) is 0 Å². The van der Waals surface area contributed by atoms with Crippen molar-refractivity contribution in [1.82, 2.24) is 20.0 Å². The fourth-order valence-corrected chi connectivity index (χ4v) is 6.01. The van der Waals surface area contributed by atoms with Crippen LogP contribution in [0, 0.1) is 24.0 Å². The Morgan fingerprint density at radius 3 is 1.47 bits per heavy atom. The molecule has 6 rings (SSSR count). The van der Waals surface area contributed by atoms with Crippen LogP contribution in [-0.2, 0) is 18.9 Å². The highest BCUT2D eigenvalue weighted by molar-refractivity contribution is 7.98. The number of nitrogens with one attached hydrogen (secondary N) is 1. The molecule has 0 radical (unpaired) electrons. The SMILES string of the molecule is C#CCn1nc(-c2ccc(SC)cc2)c(-c2ccc(F)cc2)c1C(F)(F)F.CSc1ccc(-c2n[nH]c(C(F)(F)F)c2-c2ccc(F)cc2)cc1. The molecule has 1 N–H and O–H groups in total. The van der Waals surface area contributed by atoms with Crippen LogP contribution in [0.3, 0.4) is 0 Å². The molecule has 0 aliphatic heterocycles. The predicted molar refractivity (Wildman–Crippen MR) is 185 cm³/mol. The van der Waals surface area contributed by atoms with Gasteiger partial charge in [0, 0.05) is 32.0 Å². The van der Waals surface area contributed by atoms with E-state index in [4.69, 9.17) is 6.42 Å². The zero-order valence-electron chi connectivity index (χ0n) is 26.7. The van der Waals surface area contributed by atoms with Crippen molar-refractivity contribution in [2.24, 2.45) is 0 Å². The van der Waals surface area contributed by atoms with Crippen molar-refractivity contribution in [3.63, 3.8) is 0 Å². The molecule has 0 fully saturated rings. The highest BCUT2D eigenvalue weighted by Gasteiger charge is 2.41. The Kier molecular flexibility index (Phi) is 11.3. The van der Waals surface area contributed by atoms with Crippen molar-refractivity contribution in [3.8, 4) is 57.1 Å². The van der Waals surface area contributed by atoms with Gasteiger partial charge in [0.1, 0.15) is 35.3 Å². The molecule has 0 atom stereocenters. The first-order valence-electron chi connectivity index (χ1n) is 14.8. The van der Waals surface area contributed by atoms with Crippen molar-refractivity contribution in [2.75, 3.05) is 12.5 Å². The third-order valence-corrected chi connectivity index (χ3v) is 8.99. The number of thioether (sulfide) groups is 2. The van der Waals surface area contributed by atoms with Crippen LogP contribution in [0.15, 0.2) is 107 Å². The van der Waals surface area contributed by atoms with E-state index in [9.17, 15) is 35.1 Å². The summed E-state index contributed by atoms with van der Waals surface area (Å²) in [4.78, 5) is 1.97. The first-order chi connectivity index (χ1) is 24.2. The Morgan fingerprint density at radius 2 is 1.06 bits per heavy atom. The van der Waals surface area contributed by atoms with E-state index in [1.165, 1.54) is 47.8 Å². The molecule has 4 nitrogen and oxygen atoms in total. The average molecular weight is 743 g/mol. The number of nitrogens with zero attached hydrogens (tertiary/aromatic N) is 3. The van der Waals surface area contributed by atoms with E-state index in [0.717, 1.165) is 38.7 Å². The van der Waals surface area contributed by atoms with E-state index in [1.807, 2.05) is 36.8 Å². The number of hydrogen-bond acceptors (Lipinski definition) is 4. The van der Waals surface area contributed by atoms with Crippen LogP contribution in [0.4, 0.5) is 35.1 Å². The molecule has 0 saturated heterocycles. The smallest absolute Gasteiger partial charge is 0.272 e. The second kappa shape index (κ2) is 15.5. The maximum Gasteiger partial charge on any atom is 0.433 e. The van der Waals surface area contributed by atoms with Crippen molar-refractivity contribution >= 4 is 23.5 Å². The minimum absolute atomic E-state index is 0.0839. The lowest BCUT2D eigenvalue weighted by Gasteiger charge is -2.12. The summed E-state index contributed by atoms with van der Waals surface area (Å²) in [5.41, 5.74) is -0.217. The number of terminal acetylenes is 1. The van der Waals surface area contributed by atoms with Crippen LogP contribution in [0.1, 0.15) is 11.4 Å². The number of aromatic nitrogens is 4. The minimum Gasteiger partial charge on any atom is -0.272 e. The Morgan fingerprint density at radius 1 is 0.627 bits per heavy atom. The molecule has 51 heavy (non-hydrogen) atoms. The number of aromatic amines is 1. The molecule has 4 aromatic carbocycles. The molecule has 0 bridgehead atoms. The summed E-state index contributed by atoms with van der Waals surface area (Å²) in [6.07, 6.45) is -0.211. The van der Waals surface area contributed by atoms with Gasteiger partial charge in [-0.2, -0.15) is 36.5 Å². The van der Waals surface area contributed by atoms with Gasteiger partial charge in [0.05, 0.1) is 0 Å². The average Bonchev–Trinajstić information content (AvgIpc) is 3.73. The first-order valence-corrected chi connectivity index (χ1v) is 17.3. The molecular formula is C37H26F8N4S2. The number of alkyl halides is 6. The summed E-state index contributed by atoms with van der Waals surface area (Å²) in [7, 11) is 0. The lowest BCUT2D eigenvalue weighted by atomic mass is 9.98. The summed E-state index contributed by atoms with van der Waals surface area (Å²) >= 11 is 3.06. The summed E-state index contributed by atoms with van der Waals surface area (Å²) in [5.74, 6) is 1.16. The summed E-state index contributed by atoms with van der Waals surface area (Å²) in [6.45, 7) is -0.327. The molecule has 0 unspecified atom stereocenters. The fraction of sp³-hybridized carbons (Fsp3) is 0.135. The topological polar surface area (TPSA) is 46.5 Å². The van der Waals surface area contributed by atoms with Gasteiger partial charge in [-0.1, -0.05) is 54.5 Å². The molecule has 0 aliphatic carbocycles. The van der Waals surface area contributed by atoms with E-state index in [-0.39, 0.29) is 40.2 Å². The monoisotopic (exact) mass is 742 g/mol. The van der Waals surface area contributed by atoms with E-state index in [2.05, 4.69) is 21.2 Å². The van der Waals surface area contributed by atoms with Gasteiger partial charge in [-0.3, -0.25) is 5.10 Å². The zero-order valence-corrected chi connectivity index (χ0v) is 28.3. The van der Waals surface area contributed by atoms with Gasteiger partial charge in [-0.15, -0.1) is 29.9 Å². The third-order valence-electron chi connectivity index (χ3n) is 7.50. The van der Waals surface area contributed by atoms with Crippen molar-refractivity contribution in [2.45, 2.75) is 28.7 Å². The minimum atomic E-state index is -4.68. The highest BCUT2D eigenvalue weighted by atomic mass is 32.2.